The van der Waals surface area contributed by atoms with Crippen molar-refractivity contribution in [3.8, 4) is 0 Å². The van der Waals surface area contributed by atoms with E-state index < -0.39 is 58.5 Å². The molecule has 0 saturated carbocycles. The molecular weight excluding hydrogens is 737 g/mol. The number of rotatable bonds is 16. The number of hydrogen-bond acceptors (Lipinski definition) is 10. The fourth-order valence-electron chi connectivity index (χ4n) is 7.79. The fraction of sp³-hybridized carbons (Fsp3) is 0.214. The molecule has 0 aromatic heterocycles. The average Bonchev–Trinajstić information content (AvgIpc) is 3.23. The van der Waals surface area contributed by atoms with Crippen LogP contribution < -0.4 is 15.9 Å². The summed E-state index contributed by atoms with van der Waals surface area (Å²) >= 11 is 0. The van der Waals surface area contributed by atoms with E-state index in [-0.39, 0.29) is 48.4 Å². The van der Waals surface area contributed by atoms with Crippen molar-refractivity contribution >= 4 is 51.5 Å². The number of aliphatic hydroxyl groups is 1. The van der Waals surface area contributed by atoms with Crippen LogP contribution in [0.25, 0.3) is 0 Å². The summed E-state index contributed by atoms with van der Waals surface area (Å²) in [7, 11) is 0. The van der Waals surface area contributed by atoms with Crippen molar-refractivity contribution in [2.24, 2.45) is 11.8 Å². The third kappa shape index (κ3) is 6.91. The molecule has 14 heteroatoms. The molecule has 1 N–H and O–H groups in total. The maximum absolute atomic E-state index is 15.7. The number of nitro groups is 2. The second-order valence-electron chi connectivity index (χ2n) is 13.6. The Balaban J connectivity index is 1.46. The Morgan fingerprint density at radius 1 is 0.696 bits per heavy atom. The third-order valence-corrected chi connectivity index (χ3v) is 16.8. The molecule has 0 radical (unpaired) electrons. The van der Waals surface area contributed by atoms with E-state index in [0.717, 1.165) is 0 Å². The van der Waals surface area contributed by atoms with E-state index in [0.29, 0.717) is 15.9 Å². The maximum atomic E-state index is 15.7. The minimum atomic E-state index is -4.72. The quantitative estimate of drug-likeness (QED) is 0.0398. The van der Waals surface area contributed by atoms with Crippen molar-refractivity contribution in [1.82, 2.24) is 4.90 Å². The van der Waals surface area contributed by atoms with Crippen LogP contribution in [0, 0.1) is 32.1 Å². The van der Waals surface area contributed by atoms with Crippen LogP contribution in [0.15, 0.2) is 140 Å². The Morgan fingerprint density at radius 2 is 1.11 bits per heavy atom. The first-order valence-corrected chi connectivity index (χ1v) is 20.3. The van der Waals surface area contributed by atoms with Crippen molar-refractivity contribution in [1.29, 1.82) is 0 Å². The molecule has 3 atom stereocenters. The van der Waals surface area contributed by atoms with Crippen LogP contribution >= 0.6 is 6.60 Å². The summed E-state index contributed by atoms with van der Waals surface area (Å²) in [5, 5.41) is 35.5. The van der Waals surface area contributed by atoms with Gasteiger partial charge < -0.3 is 0 Å². The predicted octanol–water partition coefficient (Wildman–Crippen LogP) is 6.22. The first-order valence-electron chi connectivity index (χ1n) is 17.9. The Bertz CT molecular complexity index is 2140. The predicted molar refractivity (Wildman–Crippen MR) is 211 cm³/mol. The van der Waals surface area contributed by atoms with E-state index in [1.807, 2.05) is 36.4 Å². The van der Waals surface area contributed by atoms with Crippen molar-refractivity contribution in [2.75, 3.05) is 12.9 Å². The first-order chi connectivity index (χ1) is 27.0. The van der Waals surface area contributed by atoms with Gasteiger partial charge in [0.25, 0.3) is 0 Å². The van der Waals surface area contributed by atoms with Crippen molar-refractivity contribution in [3.63, 3.8) is 0 Å². The van der Waals surface area contributed by atoms with Gasteiger partial charge in [-0.1, -0.05) is 0 Å². The van der Waals surface area contributed by atoms with Crippen LogP contribution in [-0.2, 0) is 32.3 Å². The molecule has 1 aliphatic heterocycles. The minimum absolute atomic E-state index is 0.0638. The number of carbonyl (C=O) groups is 3. The van der Waals surface area contributed by atoms with Crippen molar-refractivity contribution in [3.05, 3.63) is 171 Å². The second-order valence-corrected chi connectivity index (χ2v) is 18.4. The Labute approximate surface area is 322 Å². The molecule has 5 aromatic rings. The average molecular weight is 778 g/mol. The van der Waals surface area contributed by atoms with E-state index in [1.165, 1.54) is 41.3 Å². The van der Waals surface area contributed by atoms with Gasteiger partial charge >= 0.3 is 323 Å². The first kappa shape index (κ1) is 39.4. The number of aliphatic hydroxyl groups excluding tert-OH is 1. The number of β-lactam (4-membered cyclic amide) rings is 1. The van der Waals surface area contributed by atoms with E-state index in [2.05, 4.69) is 0 Å². The number of para-hydroxylation sites is 2. The number of amides is 1. The van der Waals surface area contributed by atoms with Gasteiger partial charge in [0.2, 0.25) is 0 Å². The van der Waals surface area contributed by atoms with Gasteiger partial charge in [-0.25, -0.2) is 0 Å². The number of hydrogen-bond donors (Lipinski definition) is 1. The number of nitrogens with zero attached hydrogens (tertiary/aromatic N) is 3. The van der Waals surface area contributed by atoms with Crippen LogP contribution in [0.4, 0.5) is 16.2 Å². The zero-order valence-corrected chi connectivity index (χ0v) is 31.4. The van der Waals surface area contributed by atoms with Crippen LogP contribution in [-0.4, -0.2) is 56.4 Å². The van der Waals surface area contributed by atoms with Crippen molar-refractivity contribution < 1.29 is 38.8 Å². The summed E-state index contributed by atoms with van der Waals surface area (Å²) in [6, 6.07) is 38.2. The second kappa shape index (κ2) is 16.6. The molecular formula is C42H40N3O10P. The van der Waals surface area contributed by atoms with Gasteiger partial charge in [0.1, 0.15) is 0 Å². The number of esters is 1. The van der Waals surface area contributed by atoms with Crippen LogP contribution in [0.1, 0.15) is 24.5 Å². The van der Waals surface area contributed by atoms with E-state index in [4.69, 9.17) is 9.47 Å². The molecule has 6 rings (SSSR count). The zero-order chi connectivity index (χ0) is 39.9. The molecule has 56 heavy (non-hydrogen) atoms. The van der Waals surface area contributed by atoms with Gasteiger partial charge in [-0.2, -0.15) is 0 Å². The molecule has 1 amide bonds. The summed E-state index contributed by atoms with van der Waals surface area (Å²) in [6.45, 7) is -4.34. The molecule has 1 aliphatic rings. The number of likely N-dealkylation sites (tertiary alicyclic amines) is 1. The van der Waals surface area contributed by atoms with Gasteiger partial charge in [-0.15, -0.1) is 0 Å². The Morgan fingerprint density at radius 3 is 1.54 bits per heavy atom. The molecule has 1 saturated heterocycles. The van der Waals surface area contributed by atoms with Crippen LogP contribution in [0.2, 0.25) is 0 Å². The Kier molecular flexibility index (Phi) is 11.7. The molecule has 288 valence electrons. The zero-order valence-electron chi connectivity index (χ0n) is 30.5. The van der Waals surface area contributed by atoms with Gasteiger partial charge in [-0.05, 0) is 0 Å². The Hall–Kier alpha value is -6.30. The van der Waals surface area contributed by atoms with Gasteiger partial charge in [-0.3, -0.25) is 0 Å². The number of benzene rings is 5. The van der Waals surface area contributed by atoms with Crippen LogP contribution in [0.3, 0.4) is 0 Å². The number of ether oxygens (including phenoxy) is 2. The molecule has 0 bridgehead atoms. The standard InChI is InChI=1S/C42H40N3O10P/c1-30(41(48)54-27-31-15-11-13-23-36(31)44(50)51)39-38(25-26-46)43(40(39)47)29-56(33-17-5-2-6-18-33,34-19-7-3-8-20-34,35-21-9-4-10-22-35)42(49)55-28-32-16-12-14-24-37(32)45(52)53/h2-24,30,38-39,46H,25-29H2,1H3/t30-,38?,39?/m0/s1. The molecule has 1 fully saturated rings. The molecule has 2 unspecified atom stereocenters. The van der Waals surface area contributed by atoms with E-state index >= 15 is 4.79 Å². The van der Waals surface area contributed by atoms with Gasteiger partial charge in [0, 0.05) is 0 Å². The summed E-state index contributed by atoms with van der Waals surface area (Å²) in [5.74, 6) is -3.17. The SMILES string of the molecule is C[C@H](C(=O)OCc1ccccc1[N+](=O)[O-])C1C(=O)N(CP(C(=O)OCc2ccccc2[N+](=O)[O-])(c2ccccc2)(c2ccccc2)c2ccccc2)C1CCO. The fourth-order valence-corrected chi connectivity index (χ4v) is 13.7. The molecule has 1 heterocycles. The van der Waals surface area contributed by atoms with E-state index in [9.17, 15) is 34.9 Å². The van der Waals surface area contributed by atoms with Crippen molar-refractivity contribution in [2.45, 2.75) is 32.6 Å². The van der Waals surface area contributed by atoms with Gasteiger partial charge in [0.05, 0.1) is 0 Å². The molecule has 13 nitrogen and oxygen atoms in total. The molecule has 5 aromatic carbocycles. The van der Waals surface area contributed by atoms with E-state index in [1.54, 1.807) is 73.7 Å². The third-order valence-electron chi connectivity index (χ3n) is 10.6. The molecule has 0 spiro atoms. The molecule has 0 aliphatic carbocycles. The summed E-state index contributed by atoms with van der Waals surface area (Å²) in [4.78, 5) is 67.7. The summed E-state index contributed by atoms with van der Waals surface area (Å²) in [5.41, 5.74) is -0.736. The number of carbonyl (C=O) groups excluding carboxylic acids is 3. The van der Waals surface area contributed by atoms with Gasteiger partial charge in [0.15, 0.2) is 0 Å². The summed E-state index contributed by atoms with van der Waals surface area (Å²) in [6.07, 6.45) is -0.147. The number of nitro benzene ring substituents is 2. The normalized spacial score (nSPS) is 16.4. The van der Waals surface area contributed by atoms with Crippen LogP contribution in [0.5, 0.6) is 0 Å². The monoisotopic (exact) mass is 777 g/mol. The summed E-state index contributed by atoms with van der Waals surface area (Å²) < 4.78 is 11.8. The topological polar surface area (TPSA) is 179 Å².